The molecule has 30 heavy (non-hydrogen) atoms. The standard InChI is InChI=1S/C21H18FN7S/c22-18-4-2-6-25-21(18)30-19-7-14(12-29-20(19)15(8-23)9-27-29)16-10-26-28(13-16)17-3-1-5-24-11-17/h2,4,6-7,9-10,12-13,17,24H,1,3,5,11H2/t17-/m0/s1. The van der Waals surface area contributed by atoms with Gasteiger partial charge in [-0.1, -0.05) is 11.8 Å². The number of fused-ring (bicyclic) bond motifs is 1. The molecule has 0 aliphatic carbocycles. The minimum absolute atomic E-state index is 0.255. The second-order valence-corrected chi connectivity index (χ2v) is 8.19. The molecule has 5 rings (SSSR count). The van der Waals surface area contributed by atoms with Crippen LogP contribution in [-0.4, -0.2) is 37.5 Å². The van der Waals surface area contributed by atoms with Crippen molar-refractivity contribution in [1.82, 2.24) is 29.7 Å². The lowest BCUT2D eigenvalue weighted by Crippen LogP contribution is -2.31. The highest BCUT2D eigenvalue weighted by Gasteiger charge is 2.18. The van der Waals surface area contributed by atoms with Gasteiger partial charge in [0.15, 0.2) is 5.82 Å². The summed E-state index contributed by atoms with van der Waals surface area (Å²) in [7, 11) is 0. The van der Waals surface area contributed by atoms with Crippen molar-refractivity contribution in [3.8, 4) is 17.2 Å². The van der Waals surface area contributed by atoms with Gasteiger partial charge in [0.05, 0.1) is 29.5 Å². The molecule has 0 unspecified atom stereocenters. The highest BCUT2D eigenvalue weighted by atomic mass is 32.2. The van der Waals surface area contributed by atoms with Crippen molar-refractivity contribution in [3.63, 3.8) is 0 Å². The molecule has 4 aromatic heterocycles. The second kappa shape index (κ2) is 7.89. The van der Waals surface area contributed by atoms with Crippen molar-refractivity contribution in [2.75, 3.05) is 13.1 Å². The summed E-state index contributed by atoms with van der Waals surface area (Å²) in [6, 6.07) is 7.37. The van der Waals surface area contributed by atoms with Crippen LogP contribution in [0.3, 0.4) is 0 Å². The van der Waals surface area contributed by atoms with Crippen LogP contribution in [0.4, 0.5) is 4.39 Å². The zero-order valence-electron chi connectivity index (χ0n) is 16.0. The van der Waals surface area contributed by atoms with E-state index >= 15 is 0 Å². The summed E-state index contributed by atoms with van der Waals surface area (Å²) in [6.45, 7) is 1.96. The third-order valence-electron chi connectivity index (χ3n) is 5.21. The van der Waals surface area contributed by atoms with E-state index in [1.165, 1.54) is 24.0 Å². The Balaban J connectivity index is 1.58. The van der Waals surface area contributed by atoms with E-state index in [-0.39, 0.29) is 5.03 Å². The molecule has 1 fully saturated rings. The smallest absolute Gasteiger partial charge is 0.155 e. The molecular weight excluding hydrogens is 401 g/mol. The Hall–Kier alpha value is -3.22. The Bertz CT molecular complexity index is 1250. The van der Waals surface area contributed by atoms with Crippen LogP contribution < -0.4 is 5.32 Å². The Morgan fingerprint density at radius 1 is 1.23 bits per heavy atom. The number of hydrogen-bond donors (Lipinski definition) is 1. The maximum atomic E-state index is 14.2. The zero-order valence-corrected chi connectivity index (χ0v) is 16.8. The molecule has 1 N–H and O–H groups in total. The van der Waals surface area contributed by atoms with Crippen LogP contribution >= 0.6 is 11.8 Å². The molecule has 0 saturated carbocycles. The number of piperidine rings is 1. The highest BCUT2D eigenvalue weighted by molar-refractivity contribution is 7.99. The number of nitriles is 1. The summed E-state index contributed by atoms with van der Waals surface area (Å²) in [5, 5.41) is 22.0. The van der Waals surface area contributed by atoms with Crippen molar-refractivity contribution in [3.05, 3.63) is 60.6 Å². The molecule has 5 heterocycles. The lowest BCUT2D eigenvalue weighted by molar-refractivity contribution is 0.347. The predicted octanol–water partition coefficient (Wildman–Crippen LogP) is 3.68. The average Bonchev–Trinajstić information content (AvgIpc) is 3.43. The molecule has 1 atom stereocenters. The monoisotopic (exact) mass is 419 g/mol. The van der Waals surface area contributed by atoms with Gasteiger partial charge in [0.2, 0.25) is 0 Å². The molecule has 1 saturated heterocycles. The first kappa shape index (κ1) is 18.8. The van der Waals surface area contributed by atoms with Crippen LogP contribution in [0.15, 0.2) is 59.1 Å². The van der Waals surface area contributed by atoms with E-state index in [4.69, 9.17) is 0 Å². The van der Waals surface area contributed by atoms with Gasteiger partial charge in [-0.25, -0.2) is 13.9 Å². The fourth-order valence-electron chi connectivity index (χ4n) is 3.70. The molecule has 7 nitrogen and oxygen atoms in total. The third kappa shape index (κ3) is 3.44. The van der Waals surface area contributed by atoms with Gasteiger partial charge in [0.25, 0.3) is 0 Å². The largest absolute Gasteiger partial charge is 0.315 e. The highest BCUT2D eigenvalue weighted by Crippen LogP contribution is 2.36. The molecule has 0 aromatic carbocycles. The summed E-state index contributed by atoms with van der Waals surface area (Å²) in [5.74, 6) is -0.401. The molecule has 0 radical (unpaired) electrons. The summed E-state index contributed by atoms with van der Waals surface area (Å²) >= 11 is 1.19. The number of rotatable bonds is 4. The number of aromatic nitrogens is 5. The van der Waals surface area contributed by atoms with Crippen LogP contribution in [-0.2, 0) is 0 Å². The first-order valence-electron chi connectivity index (χ1n) is 9.68. The average molecular weight is 419 g/mol. The van der Waals surface area contributed by atoms with E-state index in [1.807, 2.05) is 29.3 Å². The van der Waals surface area contributed by atoms with Crippen molar-refractivity contribution >= 4 is 17.3 Å². The van der Waals surface area contributed by atoms with Gasteiger partial charge in [0, 0.05) is 41.2 Å². The molecule has 1 aliphatic heterocycles. The van der Waals surface area contributed by atoms with E-state index in [2.05, 4.69) is 26.6 Å². The van der Waals surface area contributed by atoms with Gasteiger partial charge in [-0.15, -0.1) is 0 Å². The van der Waals surface area contributed by atoms with Crippen molar-refractivity contribution in [2.24, 2.45) is 0 Å². The number of nitrogens with zero attached hydrogens (tertiary/aromatic N) is 6. The van der Waals surface area contributed by atoms with Crippen LogP contribution in [0.2, 0.25) is 0 Å². The van der Waals surface area contributed by atoms with Crippen molar-refractivity contribution in [1.29, 1.82) is 5.26 Å². The lowest BCUT2D eigenvalue weighted by Gasteiger charge is -2.22. The van der Waals surface area contributed by atoms with Crippen LogP contribution in [0, 0.1) is 17.1 Å². The van der Waals surface area contributed by atoms with Crippen LogP contribution in [0.25, 0.3) is 16.6 Å². The van der Waals surface area contributed by atoms with Crippen molar-refractivity contribution in [2.45, 2.75) is 28.8 Å². The Kier molecular flexibility index (Phi) is 4.94. The minimum Gasteiger partial charge on any atom is -0.315 e. The molecule has 0 spiro atoms. The SMILES string of the molecule is N#Cc1cnn2cc(-c3cnn([C@H]4CCCNC4)c3)cc(Sc3ncccc3F)c12. The van der Waals surface area contributed by atoms with Gasteiger partial charge in [0.1, 0.15) is 11.1 Å². The van der Waals surface area contributed by atoms with Gasteiger partial charge < -0.3 is 5.32 Å². The maximum absolute atomic E-state index is 14.2. The topological polar surface area (TPSA) is 83.8 Å². The normalized spacial score (nSPS) is 16.6. The van der Waals surface area contributed by atoms with E-state index in [9.17, 15) is 9.65 Å². The van der Waals surface area contributed by atoms with Crippen LogP contribution in [0.5, 0.6) is 0 Å². The molecule has 0 amide bonds. The quantitative estimate of drug-likeness (QED) is 0.543. The first-order valence-corrected chi connectivity index (χ1v) is 10.5. The van der Waals surface area contributed by atoms with Crippen LogP contribution in [0.1, 0.15) is 24.4 Å². The molecule has 0 bridgehead atoms. The number of pyridine rings is 2. The number of nitrogens with one attached hydrogen (secondary N) is 1. The fourth-order valence-corrected chi connectivity index (χ4v) is 4.67. The number of hydrogen-bond acceptors (Lipinski definition) is 6. The van der Waals surface area contributed by atoms with Gasteiger partial charge in [-0.05, 0) is 37.6 Å². The van der Waals surface area contributed by atoms with Crippen molar-refractivity contribution < 1.29 is 4.39 Å². The van der Waals surface area contributed by atoms with E-state index in [1.54, 1.807) is 16.8 Å². The first-order chi connectivity index (χ1) is 14.7. The third-order valence-corrected chi connectivity index (χ3v) is 6.23. The van der Waals surface area contributed by atoms with Gasteiger partial charge in [-0.2, -0.15) is 15.5 Å². The summed E-state index contributed by atoms with van der Waals surface area (Å²) in [5.41, 5.74) is 2.91. The number of halogens is 1. The lowest BCUT2D eigenvalue weighted by atomic mass is 10.1. The molecular formula is C21H18FN7S. The summed E-state index contributed by atoms with van der Waals surface area (Å²) < 4.78 is 17.9. The second-order valence-electron chi connectivity index (χ2n) is 7.16. The summed E-state index contributed by atoms with van der Waals surface area (Å²) in [6.07, 6.45) is 11.0. The molecule has 150 valence electrons. The van der Waals surface area contributed by atoms with E-state index in [0.717, 1.165) is 37.1 Å². The zero-order chi connectivity index (χ0) is 20.5. The fraction of sp³-hybridized carbons (Fsp3) is 0.238. The maximum Gasteiger partial charge on any atom is 0.155 e. The molecule has 1 aliphatic rings. The van der Waals surface area contributed by atoms with Gasteiger partial charge in [-0.3, -0.25) is 4.68 Å². The predicted molar refractivity (Wildman–Crippen MR) is 111 cm³/mol. The Labute approximate surface area is 176 Å². The molecule has 4 aromatic rings. The van der Waals surface area contributed by atoms with E-state index < -0.39 is 5.82 Å². The summed E-state index contributed by atoms with van der Waals surface area (Å²) in [4.78, 5) is 4.85. The van der Waals surface area contributed by atoms with E-state index in [0.29, 0.717) is 22.0 Å². The Morgan fingerprint density at radius 3 is 2.97 bits per heavy atom. The Morgan fingerprint density at radius 2 is 2.17 bits per heavy atom. The van der Waals surface area contributed by atoms with Gasteiger partial charge >= 0.3 is 0 Å². The molecule has 9 heteroatoms. The minimum atomic E-state index is -0.401.